The van der Waals surface area contributed by atoms with Gasteiger partial charge in [0.05, 0.1) is 18.4 Å². The second-order valence-electron chi connectivity index (χ2n) is 4.15. The molecule has 0 bridgehead atoms. The molecule has 1 fully saturated rings. The van der Waals surface area contributed by atoms with Gasteiger partial charge in [0.2, 0.25) is 5.91 Å². The van der Waals surface area contributed by atoms with Crippen LogP contribution >= 0.6 is 0 Å². The third-order valence-electron chi connectivity index (χ3n) is 2.74. The Labute approximate surface area is 88.6 Å². The minimum absolute atomic E-state index is 0.169. The van der Waals surface area contributed by atoms with Crippen molar-refractivity contribution < 1.29 is 4.79 Å². The monoisotopic (exact) mass is 208 g/mol. The van der Waals surface area contributed by atoms with E-state index in [1.165, 1.54) is 0 Å². The second-order valence-corrected chi connectivity index (χ2v) is 4.15. The average molecular weight is 208 g/mol. The van der Waals surface area contributed by atoms with Crippen LogP contribution in [0.3, 0.4) is 0 Å². The van der Waals surface area contributed by atoms with Crippen LogP contribution in [0.1, 0.15) is 13.3 Å². The van der Waals surface area contributed by atoms with Crippen molar-refractivity contribution in [3.63, 3.8) is 0 Å². The maximum absolute atomic E-state index is 11.4. The van der Waals surface area contributed by atoms with Gasteiger partial charge in [-0.15, -0.1) is 0 Å². The van der Waals surface area contributed by atoms with Crippen LogP contribution < -0.4 is 11.1 Å². The number of rotatable bonds is 4. The molecule has 2 rings (SSSR count). The second kappa shape index (κ2) is 3.92. The molecule has 2 atom stereocenters. The van der Waals surface area contributed by atoms with Crippen LogP contribution in [0.25, 0.3) is 0 Å². The molecular formula is C10H16N4O. The highest BCUT2D eigenvalue weighted by Crippen LogP contribution is 2.37. The molecule has 0 spiro atoms. The lowest BCUT2D eigenvalue weighted by Gasteiger charge is -2.04. The zero-order chi connectivity index (χ0) is 10.8. The normalized spacial score (nSPS) is 23.8. The van der Waals surface area contributed by atoms with E-state index < -0.39 is 0 Å². The van der Waals surface area contributed by atoms with E-state index in [0.29, 0.717) is 24.7 Å². The molecule has 82 valence electrons. The van der Waals surface area contributed by atoms with Crippen LogP contribution in [0.15, 0.2) is 12.4 Å². The van der Waals surface area contributed by atoms with E-state index in [9.17, 15) is 4.79 Å². The third-order valence-corrected chi connectivity index (χ3v) is 2.74. The highest BCUT2D eigenvalue weighted by Gasteiger charge is 2.38. The molecule has 1 heterocycles. The van der Waals surface area contributed by atoms with E-state index in [0.717, 1.165) is 6.42 Å². The Hall–Kier alpha value is -1.52. The average Bonchev–Trinajstić information content (AvgIpc) is 2.78. The minimum atomic E-state index is 0.169. The summed E-state index contributed by atoms with van der Waals surface area (Å²) < 4.78 is 1.73. The Balaban J connectivity index is 1.68. The lowest BCUT2D eigenvalue weighted by molar-refractivity contribution is -0.122. The lowest BCUT2D eigenvalue weighted by Crippen LogP contribution is -2.29. The molecule has 1 saturated carbocycles. The Kier molecular flexibility index (Phi) is 2.62. The fourth-order valence-electron chi connectivity index (χ4n) is 1.61. The lowest BCUT2D eigenvalue weighted by atomic mass is 10.3. The van der Waals surface area contributed by atoms with Crippen molar-refractivity contribution in [1.29, 1.82) is 0 Å². The quantitative estimate of drug-likeness (QED) is 0.744. The first-order chi connectivity index (χ1) is 7.16. The molecule has 5 heteroatoms. The van der Waals surface area contributed by atoms with Crippen molar-refractivity contribution in [2.24, 2.45) is 11.8 Å². The molecule has 1 aliphatic rings. The van der Waals surface area contributed by atoms with E-state index in [-0.39, 0.29) is 11.8 Å². The number of nitrogens with one attached hydrogen (secondary N) is 1. The minimum Gasteiger partial charge on any atom is -0.396 e. The molecular weight excluding hydrogens is 192 g/mol. The van der Waals surface area contributed by atoms with Crippen molar-refractivity contribution in [3.05, 3.63) is 12.4 Å². The Bertz CT molecular complexity index is 360. The number of aromatic nitrogens is 2. The standard InChI is InChI=1S/C10H16N4O/c1-7-4-9(7)10(15)12-2-3-14-6-8(11)5-13-14/h5-7,9H,2-4,11H2,1H3,(H,12,15). The molecule has 15 heavy (non-hydrogen) atoms. The molecule has 0 saturated heterocycles. The summed E-state index contributed by atoms with van der Waals surface area (Å²) in [6.07, 6.45) is 4.39. The first-order valence-corrected chi connectivity index (χ1v) is 5.22. The predicted octanol–water partition coefficient (Wildman–Crippen LogP) is 0.237. The van der Waals surface area contributed by atoms with Crippen molar-refractivity contribution in [2.75, 3.05) is 12.3 Å². The van der Waals surface area contributed by atoms with Gasteiger partial charge in [0.1, 0.15) is 0 Å². The third kappa shape index (κ3) is 2.49. The molecule has 1 aromatic heterocycles. The molecule has 1 amide bonds. The van der Waals surface area contributed by atoms with E-state index in [2.05, 4.69) is 17.3 Å². The van der Waals surface area contributed by atoms with Gasteiger partial charge in [-0.3, -0.25) is 9.48 Å². The summed E-state index contributed by atoms with van der Waals surface area (Å²) in [5.41, 5.74) is 6.17. The molecule has 1 aromatic rings. The van der Waals surface area contributed by atoms with Crippen LogP contribution in [0, 0.1) is 11.8 Å². The first-order valence-electron chi connectivity index (χ1n) is 5.22. The number of anilines is 1. The number of carbonyl (C=O) groups is 1. The largest absolute Gasteiger partial charge is 0.396 e. The fraction of sp³-hybridized carbons (Fsp3) is 0.600. The SMILES string of the molecule is CC1CC1C(=O)NCCn1cc(N)cn1. The zero-order valence-corrected chi connectivity index (χ0v) is 8.81. The van der Waals surface area contributed by atoms with Crippen LogP contribution in [-0.2, 0) is 11.3 Å². The maximum Gasteiger partial charge on any atom is 0.223 e. The Morgan fingerprint density at radius 3 is 3.07 bits per heavy atom. The number of hydrogen-bond acceptors (Lipinski definition) is 3. The van der Waals surface area contributed by atoms with Gasteiger partial charge in [-0.1, -0.05) is 6.92 Å². The summed E-state index contributed by atoms with van der Waals surface area (Å²) in [5.74, 6) is 0.973. The van der Waals surface area contributed by atoms with Crippen molar-refractivity contribution >= 4 is 11.6 Å². The van der Waals surface area contributed by atoms with E-state index in [1.54, 1.807) is 17.1 Å². The topological polar surface area (TPSA) is 72.9 Å². The van der Waals surface area contributed by atoms with E-state index >= 15 is 0 Å². The van der Waals surface area contributed by atoms with Crippen LogP contribution in [0.5, 0.6) is 0 Å². The van der Waals surface area contributed by atoms with Crippen molar-refractivity contribution in [1.82, 2.24) is 15.1 Å². The van der Waals surface area contributed by atoms with Gasteiger partial charge < -0.3 is 11.1 Å². The molecule has 0 aromatic carbocycles. The van der Waals surface area contributed by atoms with E-state index in [4.69, 9.17) is 5.73 Å². The first kappa shape index (κ1) is 10.0. The number of nitrogen functional groups attached to an aromatic ring is 1. The van der Waals surface area contributed by atoms with Crippen LogP contribution in [0.2, 0.25) is 0 Å². The van der Waals surface area contributed by atoms with Gasteiger partial charge >= 0.3 is 0 Å². The molecule has 1 aliphatic carbocycles. The van der Waals surface area contributed by atoms with Gasteiger partial charge in [0, 0.05) is 18.7 Å². The molecule has 0 aliphatic heterocycles. The summed E-state index contributed by atoms with van der Waals surface area (Å²) in [6.45, 7) is 3.38. The maximum atomic E-state index is 11.4. The van der Waals surface area contributed by atoms with Gasteiger partial charge in [0.15, 0.2) is 0 Å². The summed E-state index contributed by atoms with van der Waals surface area (Å²) in [6, 6.07) is 0. The van der Waals surface area contributed by atoms with Gasteiger partial charge in [0.25, 0.3) is 0 Å². The van der Waals surface area contributed by atoms with Gasteiger partial charge in [-0.05, 0) is 12.3 Å². The highest BCUT2D eigenvalue weighted by molar-refractivity contribution is 5.81. The van der Waals surface area contributed by atoms with Crippen LogP contribution in [0.4, 0.5) is 5.69 Å². The smallest absolute Gasteiger partial charge is 0.223 e. The molecule has 3 N–H and O–H groups in total. The van der Waals surface area contributed by atoms with Gasteiger partial charge in [-0.2, -0.15) is 5.10 Å². The highest BCUT2D eigenvalue weighted by atomic mass is 16.2. The summed E-state index contributed by atoms with van der Waals surface area (Å²) in [7, 11) is 0. The Morgan fingerprint density at radius 1 is 1.80 bits per heavy atom. The summed E-state index contributed by atoms with van der Waals surface area (Å²) in [4.78, 5) is 11.4. The number of carbonyl (C=O) groups excluding carboxylic acids is 1. The number of amides is 1. The fourth-order valence-corrected chi connectivity index (χ4v) is 1.61. The van der Waals surface area contributed by atoms with Crippen molar-refractivity contribution in [3.8, 4) is 0 Å². The zero-order valence-electron chi connectivity index (χ0n) is 8.81. The molecule has 0 radical (unpaired) electrons. The molecule has 5 nitrogen and oxygen atoms in total. The Morgan fingerprint density at radius 2 is 2.53 bits per heavy atom. The van der Waals surface area contributed by atoms with Crippen LogP contribution in [-0.4, -0.2) is 22.2 Å². The van der Waals surface area contributed by atoms with Gasteiger partial charge in [-0.25, -0.2) is 0 Å². The number of hydrogen-bond donors (Lipinski definition) is 2. The molecule has 2 unspecified atom stereocenters. The predicted molar refractivity (Wildman–Crippen MR) is 56.9 cm³/mol. The number of nitrogens with two attached hydrogens (primary N) is 1. The van der Waals surface area contributed by atoms with Crippen molar-refractivity contribution in [2.45, 2.75) is 19.9 Å². The number of nitrogens with zero attached hydrogens (tertiary/aromatic N) is 2. The summed E-state index contributed by atoms with van der Waals surface area (Å²) in [5, 5.41) is 6.92. The van der Waals surface area contributed by atoms with E-state index in [1.807, 2.05) is 0 Å². The summed E-state index contributed by atoms with van der Waals surface area (Å²) >= 11 is 0.